The summed E-state index contributed by atoms with van der Waals surface area (Å²) in [5, 5.41) is 4.04. The number of hydrogen-bond acceptors (Lipinski definition) is 7. The van der Waals surface area contributed by atoms with Crippen LogP contribution in [0.2, 0.25) is 0 Å². The van der Waals surface area contributed by atoms with Crippen LogP contribution in [-0.4, -0.2) is 34.3 Å². The lowest BCUT2D eigenvalue weighted by atomic mass is 10.2. The maximum absolute atomic E-state index is 12.8. The zero-order valence-corrected chi connectivity index (χ0v) is 17.6. The quantitative estimate of drug-likeness (QED) is 0.381. The van der Waals surface area contributed by atoms with Crippen LogP contribution in [0.1, 0.15) is 27.2 Å². The fraction of sp³-hybridized carbons (Fsp3) is 0.300. The van der Waals surface area contributed by atoms with Crippen molar-refractivity contribution in [1.29, 1.82) is 0 Å². The third-order valence-electron chi connectivity index (χ3n) is 4.83. The van der Waals surface area contributed by atoms with Gasteiger partial charge in [-0.2, -0.15) is 0 Å². The molecule has 9 heteroatoms. The molecule has 0 radical (unpaired) electrons. The van der Waals surface area contributed by atoms with Crippen molar-refractivity contribution >= 4 is 50.9 Å². The van der Waals surface area contributed by atoms with Gasteiger partial charge in [0.15, 0.2) is 5.16 Å². The lowest BCUT2D eigenvalue weighted by Gasteiger charge is -2.08. The highest BCUT2D eigenvalue weighted by molar-refractivity contribution is 7.99. The van der Waals surface area contributed by atoms with Gasteiger partial charge in [-0.05, 0) is 49.1 Å². The summed E-state index contributed by atoms with van der Waals surface area (Å²) in [7, 11) is 3.01. The minimum absolute atomic E-state index is 0.0456. The van der Waals surface area contributed by atoms with E-state index in [-0.39, 0.29) is 17.2 Å². The van der Waals surface area contributed by atoms with Crippen LogP contribution in [0.15, 0.2) is 34.2 Å². The van der Waals surface area contributed by atoms with Crippen molar-refractivity contribution < 1.29 is 14.3 Å². The number of amides is 1. The molecule has 0 spiro atoms. The molecule has 150 valence electrons. The lowest BCUT2D eigenvalue weighted by molar-refractivity contribution is -0.113. The van der Waals surface area contributed by atoms with Gasteiger partial charge in [0.1, 0.15) is 4.83 Å². The Kier molecular flexibility index (Phi) is 5.42. The average molecular weight is 430 g/mol. The third-order valence-corrected chi connectivity index (χ3v) is 7.04. The fourth-order valence-corrected chi connectivity index (χ4v) is 5.44. The summed E-state index contributed by atoms with van der Waals surface area (Å²) in [6.07, 6.45) is 3.05. The SMILES string of the molecule is COC(=O)c1ccc(NC(=O)CSc2nc3sc4c(c3c(=O)n2C)CCC4)cc1. The molecule has 1 aliphatic carbocycles. The molecular weight excluding hydrogens is 410 g/mol. The van der Waals surface area contributed by atoms with E-state index < -0.39 is 5.97 Å². The Labute approximate surface area is 175 Å². The minimum atomic E-state index is -0.430. The smallest absolute Gasteiger partial charge is 0.337 e. The number of thioether (sulfide) groups is 1. The van der Waals surface area contributed by atoms with Crippen LogP contribution in [0, 0.1) is 0 Å². The highest BCUT2D eigenvalue weighted by atomic mass is 32.2. The van der Waals surface area contributed by atoms with Crippen molar-refractivity contribution in [3.63, 3.8) is 0 Å². The largest absolute Gasteiger partial charge is 0.465 e. The number of nitrogens with one attached hydrogen (secondary N) is 1. The fourth-order valence-electron chi connectivity index (χ4n) is 3.37. The summed E-state index contributed by atoms with van der Waals surface area (Å²) in [5.74, 6) is -0.528. The average Bonchev–Trinajstić information content (AvgIpc) is 3.30. The van der Waals surface area contributed by atoms with Crippen LogP contribution in [-0.2, 0) is 29.4 Å². The second kappa shape index (κ2) is 8.00. The number of carbonyl (C=O) groups is 2. The van der Waals surface area contributed by atoms with Crippen molar-refractivity contribution in [2.75, 3.05) is 18.2 Å². The first kappa shape index (κ1) is 19.7. The Bertz CT molecular complexity index is 1170. The van der Waals surface area contributed by atoms with Gasteiger partial charge in [0, 0.05) is 17.6 Å². The standard InChI is InChI=1S/C20H19N3O4S2/c1-23-18(25)16-13-4-3-5-14(13)29-17(16)22-20(23)28-10-15(24)21-12-8-6-11(7-9-12)19(26)27-2/h6-9H,3-5,10H2,1-2H3,(H,21,24). The van der Waals surface area contributed by atoms with Gasteiger partial charge in [-0.1, -0.05) is 11.8 Å². The molecule has 2 heterocycles. The molecule has 1 N–H and O–H groups in total. The minimum Gasteiger partial charge on any atom is -0.465 e. The summed E-state index contributed by atoms with van der Waals surface area (Å²) in [5.41, 5.74) is 2.10. The predicted molar refractivity (Wildman–Crippen MR) is 114 cm³/mol. The molecule has 0 bridgehead atoms. The Balaban J connectivity index is 1.45. The van der Waals surface area contributed by atoms with Crippen LogP contribution in [0.4, 0.5) is 5.69 Å². The Morgan fingerprint density at radius 1 is 1.28 bits per heavy atom. The molecule has 0 aliphatic heterocycles. The van der Waals surface area contributed by atoms with Gasteiger partial charge >= 0.3 is 5.97 Å². The number of thiophene rings is 1. The monoisotopic (exact) mass is 429 g/mol. The van der Waals surface area contributed by atoms with Gasteiger partial charge in [-0.3, -0.25) is 14.2 Å². The normalized spacial score (nSPS) is 12.8. The maximum Gasteiger partial charge on any atom is 0.337 e. The van der Waals surface area contributed by atoms with E-state index in [9.17, 15) is 14.4 Å². The van der Waals surface area contributed by atoms with Gasteiger partial charge in [-0.25, -0.2) is 9.78 Å². The van der Waals surface area contributed by atoms with E-state index in [0.29, 0.717) is 16.4 Å². The molecule has 3 aromatic rings. The number of aryl methyl sites for hydroxylation is 2. The molecule has 2 aromatic heterocycles. The van der Waals surface area contributed by atoms with E-state index in [1.807, 2.05) is 0 Å². The number of methoxy groups -OCH3 is 1. The van der Waals surface area contributed by atoms with E-state index in [1.165, 1.54) is 28.3 Å². The summed E-state index contributed by atoms with van der Waals surface area (Å²) < 4.78 is 6.18. The summed E-state index contributed by atoms with van der Waals surface area (Å²) in [6.45, 7) is 0. The van der Waals surface area contributed by atoms with E-state index in [4.69, 9.17) is 0 Å². The van der Waals surface area contributed by atoms with Crippen molar-refractivity contribution in [2.45, 2.75) is 24.4 Å². The number of rotatable bonds is 5. The molecule has 0 saturated carbocycles. The van der Waals surface area contributed by atoms with E-state index in [1.54, 1.807) is 42.6 Å². The highest BCUT2D eigenvalue weighted by Crippen LogP contribution is 2.35. The molecule has 0 unspecified atom stereocenters. The van der Waals surface area contributed by atoms with Crippen molar-refractivity contribution in [2.24, 2.45) is 7.05 Å². The number of carbonyl (C=O) groups excluding carboxylic acids is 2. The first-order valence-electron chi connectivity index (χ1n) is 9.10. The number of anilines is 1. The number of benzene rings is 1. The number of ether oxygens (including phenoxy) is 1. The summed E-state index contributed by atoms with van der Waals surface area (Å²) in [4.78, 5) is 43.2. The maximum atomic E-state index is 12.8. The van der Waals surface area contributed by atoms with Crippen LogP contribution in [0.5, 0.6) is 0 Å². The lowest BCUT2D eigenvalue weighted by Crippen LogP contribution is -2.21. The van der Waals surface area contributed by atoms with Crippen molar-refractivity contribution in [3.8, 4) is 0 Å². The van der Waals surface area contributed by atoms with Gasteiger partial charge < -0.3 is 10.1 Å². The molecule has 0 saturated heterocycles. The van der Waals surface area contributed by atoms with Gasteiger partial charge in [0.25, 0.3) is 5.56 Å². The zero-order chi connectivity index (χ0) is 20.5. The van der Waals surface area contributed by atoms with Crippen LogP contribution < -0.4 is 10.9 Å². The Hall–Kier alpha value is -2.65. The van der Waals surface area contributed by atoms with Crippen LogP contribution >= 0.6 is 23.1 Å². The number of aromatic nitrogens is 2. The second-order valence-corrected chi connectivity index (χ2v) is 8.73. The third kappa shape index (κ3) is 3.79. The Morgan fingerprint density at radius 2 is 2.03 bits per heavy atom. The van der Waals surface area contributed by atoms with E-state index in [2.05, 4.69) is 15.0 Å². The number of fused-ring (bicyclic) bond motifs is 3. The van der Waals surface area contributed by atoms with Gasteiger partial charge in [0.2, 0.25) is 5.91 Å². The molecule has 7 nitrogen and oxygen atoms in total. The Morgan fingerprint density at radius 3 is 2.76 bits per heavy atom. The number of hydrogen-bond donors (Lipinski definition) is 1. The summed E-state index contributed by atoms with van der Waals surface area (Å²) in [6, 6.07) is 6.46. The van der Waals surface area contributed by atoms with E-state index in [0.717, 1.165) is 35.0 Å². The van der Waals surface area contributed by atoms with Crippen LogP contribution in [0.3, 0.4) is 0 Å². The first-order valence-corrected chi connectivity index (χ1v) is 10.9. The predicted octanol–water partition coefficient (Wildman–Crippen LogP) is 3.00. The molecule has 0 fully saturated rings. The molecule has 4 rings (SSSR count). The zero-order valence-electron chi connectivity index (χ0n) is 16.0. The van der Waals surface area contributed by atoms with Crippen molar-refractivity contribution in [3.05, 3.63) is 50.6 Å². The second-order valence-electron chi connectivity index (χ2n) is 6.70. The van der Waals surface area contributed by atoms with Gasteiger partial charge in [-0.15, -0.1) is 11.3 Å². The molecule has 1 aromatic carbocycles. The molecule has 1 aliphatic rings. The van der Waals surface area contributed by atoms with E-state index >= 15 is 0 Å². The van der Waals surface area contributed by atoms with Crippen molar-refractivity contribution in [1.82, 2.24) is 9.55 Å². The molecule has 0 atom stereocenters. The van der Waals surface area contributed by atoms with Crippen LogP contribution in [0.25, 0.3) is 10.2 Å². The summed E-state index contributed by atoms with van der Waals surface area (Å²) >= 11 is 2.82. The van der Waals surface area contributed by atoms with Gasteiger partial charge in [0.05, 0.1) is 23.8 Å². The molecular formula is C20H19N3O4S2. The first-order chi connectivity index (χ1) is 14.0. The number of esters is 1. The topological polar surface area (TPSA) is 90.3 Å². The molecule has 29 heavy (non-hydrogen) atoms. The number of nitrogens with zero attached hydrogens (tertiary/aromatic N) is 2. The molecule has 1 amide bonds. The highest BCUT2D eigenvalue weighted by Gasteiger charge is 2.22.